The number of aliphatic hydroxyl groups excluding tert-OH is 1. The summed E-state index contributed by atoms with van der Waals surface area (Å²) in [6.07, 6.45) is -1.05. The van der Waals surface area contributed by atoms with Crippen molar-refractivity contribution >= 4 is 10.0 Å². The summed E-state index contributed by atoms with van der Waals surface area (Å²) in [5.41, 5.74) is 0.695. The Kier molecular flexibility index (Phi) is 3.62. The van der Waals surface area contributed by atoms with Crippen LogP contribution in [0.4, 0.5) is 0 Å². The van der Waals surface area contributed by atoms with Gasteiger partial charge in [-0.3, -0.25) is 0 Å². The second-order valence-corrected chi connectivity index (χ2v) is 4.79. The predicted octanol–water partition coefficient (Wildman–Crippen LogP) is 0.444. The Labute approximate surface area is 83.6 Å². The molecule has 0 aliphatic heterocycles. The molecule has 1 rings (SSSR count). The number of nitrogens with one attached hydrogen (secondary N) is 1. The minimum atomic E-state index is -3.43. The minimum absolute atomic E-state index is 0.112. The van der Waals surface area contributed by atoms with Gasteiger partial charge in [0, 0.05) is 0 Å². The van der Waals surface area contributed by atoms with E-state index in [1.165, 1.54) is 6.92 Å². The van der Waals surface area contributed by atoms with Crippen molar-refractivity contribution in [2.24, 2.45) is 0 Å². The molecule has 0 heterocycles. The number of hydrogen-bond donors (Lipinski definition) is 2. The molecule has 5 heteroatoms. The molecular formula is C9H13NO3S. The van der Waals surface area contributed by atoms with E-state index in [-0.39, 0.29) is 5.75 Å². The van der Waals surface area contributed by atoms with Gasteiger partial charge in [-0.2, -0.15) is 4.72 Å². The highest BCUT2D eigenvalue weighted by Crippen LogP contribution is 2.03. The summed E-state index contributed by atoms with van der Waals surface area (Å²) in [6.45, 7) is 1.36. The first kappa shape index (κ1) is 11.2. The lowest BCUT2D eigenvalue weighted by Crippen LogP contribution is -2.33. The fraction of sp³-hybridized carbons (Fsp3) is 0.333. The Morgan fingerprint density at radius 3 is 2.43 bits per heavy atom. The van der Waals surface area contributed by atoms with Gasteiger partial charge < -0.3 is 5.11 Å². The van der Waals surface area contributed by atoms with Gasteiger partial charge in [-0.15, -0.1) is 0 Å². The van der Waals surface area contributed by atoms with Gasteiger partial charge in [0.2, 0.25) is 10.0 Å². The minimum Gasteiger partial charge on any atom is -0.378 e. The Balaban J connectivity index is 2.70. The lowest BCUT2D eigenvalue weighted by Gasteiger charge is -2.08. The van der Waals surface area contributed by atoms with Gasteiger partial charge in [0.15, 0.2) is 0 Å². The van der Waals surface area contributed by atoms with E-state index in [9.17, 15) is 8.42 Å². The van der Waals surface area contributed by atoms with Gasteiger partial charge in [-0.1, -0.05) is 30.3 Å². The maximum Gasteiger partial charge on any atom is 0.217 e. The molecular weight excluding hydrogens is 202 g/mol. The van der Waals surface area contributed by atoms with Crippen LogP contribution in [-0.2, 0) is 15.8 Å². The van der Waals surface area contributed by atoms with Crippen LogP contribution in [0.25, 0.3) is 0 Å². The Bertz CT molecular complexity index is 372. The zero-order valence-corrected chi connectivity index (χ0v) is 8.66. The molecule has 1 atom stereocenters. The molecule has 4 nitrogen and oxygen atoms in total. The Morgan fingerprint density at radius 2 is 1.93 bits per heavy atom. The van der Waals surface area contributed by atoms with Crippen molar-refractivity contribution in [3.63, 3.8) is 0 Å². The molecule has 0 bridgehead atoms. The standard InChI is InChI=1S/C9H13NO3S/c1-8(11)10-14(12,13)7-9-5-3-2-4-6-9/h2-6,8,10-11H,7H2,1H3. The maximum absolute atomic E-state index is 11.3. The smallest absolute Gasteiger partial charge is 0.217 e. The van der Waals surface area contributed by atoms with Crippen LogP contribution in [0.2, 0.25) is 0 Å². The summed E-state index contributed by atoms with van der Waals surface area (Å²) in [7, 11) is -3.43. The number of benzene rings is 1. The quantitative estimate of drug-likeness (QED) is 0.716. The van der Waals surface area contributed by atoms with E-state index < -0.39 is 16.3 Å². The van der Waals surface area contributed by atoms with E-state index in [0.29, 0.717) is 5.56 Å². The first-order chi connectivity index (χ1) is 6.49. The van der Waals surface area contributed by atoms with Crippen molar-refractivity contribution in [1.82, 2.24) is 4.72 Å². The molecule has 0 radical (unpaired) electrons. The fourth-order valence-corrected chi connectivity index (χ4v) is 2.33. The second-order valence-electron chi connectivity index (χ2n) is 3.04. The van der Waals surface area contributed by atoms with Crippen LogP contribution in [-0.4, -0.2) is 19.8 Å². The second kappa shape index (κ2) is 4.54. The fourth-order valence-electron chi connectivity index (χ4n) is 1.10. The van der Waals surface area contributed by atoms with E-state index >= 15 is 0 Å². The first-order valence-corrected chi connectivity index (χ1v) is 5.87. The van der Waals surface area contributed by atoms with E-state index in [0.717, 1.165) is 0 Å². The maximum atomic E-state index is 11.3. The normalized spacial score (nSPS) is 13.9. The summed E-state index contributed by atoms with van der Waals surface area (Å²) in [5.74, 6) is -0.112. The third kappa shape index (κ3) is 3.87. The lowest BCUT2D eigenvalue weighted by molar-refractivity contribution is 0.183. The highest BCUT2D eigenvalue weighted by Gasteiger charge is 2.12. The van der Waals surface area contributed by atoms with Crippen LogP contribution >= 0.6 is 0 Å². The number of hydrogen-bond acceptors (Lipinski definition) is 3. The summed E-state index contributed by atoms with van der Waals surface area (Å²) in [6, 6.07) is 8.81. The molecule has 0 spiro atoms. The molecule has 0 saturated carbocycles. The molecule has 1 unspecified atom stereocenters. The summed E-state index contributed by atoms with van der Waals surface area (Å²) in [4.78, 5) is 0. The molecule has 1 aromatic rings. The molecule has 0 aliphatic carbocycles. The van der Waals surface area contributed by atoms with Crippen LogP contribution in [0.1, 0.15) is 12.5 Å². The van der Waals surface area contributed by atoms with Crippen LogP contribution in [0, 0.1) is 0 Å². The summed E-state index contributed by atoms with van der Waals surface area (Å²) >= 11 is 0. The van der Waals surface area contributed by atoms with Crippen LogP contribution < -0.4 is 4.72 Å². The SMILES string of the molecule is CC(O)NS(=O)(=O)Cc1ccccc1. The Hall–Kier alpha value is -0.910. The monoisotopic (exact) mass is 215 g/mol. The highest BCUT2D eigenvalue weighted by atomic mass is 32.2. The lowest BCUT2D eigenvalue weighted by atomic mass is 10.2. The zero-order chi connectivity index (χ0) is 10.6. The molecule has 0 fully saturated rings. The number of sulfonamides is 1. The van der Waals surface area contributed by atoms with E-state index in [2.05, 4.69) is 4.72 Å². The van der Waals surface area contributed by atoms with Crippen molar-refractivity contribution in [1.29, 1.82) is 0 Å². The van der Waals surface area contributed by atoms with E-state index in [1.807, 2.05) is 6.07 Å². The van der Waals surface area contributed by atoms with E-state index in [1.54, 1.807) is 24.3 Å². The number of rotatable bonds is 4. The highest BCUT2D eigenvalue weighted by molar-refractivity contribution is 7.88. The average molecular weight is 215 g/mol. The van der Waals surface area contributed by atoms with Crippen molar-refractivity contribution < 1.29 is 13.5 Å². The van der Waals surface area contributed by atoms with Crippen molar-refractivity contribution in [2.75, 3.05) is 0 Å². The molecule has 2 N–H and O–H groups in total. The summed E-state index contributed by atoms with van der Waals surface area (Å²) < 4.78 is 24.8. The van der Waals surface area contributed by atoms with Crippen LogP contribution in [0.5, 0.6) is 0 Å². The third-order valence-electron chi connectivity index (χ3n) is 1.55. The zero-order valence-electron chi connectivity index (χ0n) is 7.84. The molecule has 0 amide bonds. The van der Waals surface area contributed by atoms with Gasteiger partial charge >= 0.3 is 0 Å². The average Bonchev–Trinajstić information content (AvgIpc) is 2.02. The van der Waals surface area contributed by atoms with Crippen molar-refractivity contribution in [3.8, 4) is 0 Å². The van der Waals surface area contributed by atoms with Gasteiger partial charge in [-0.05, 0) is 12.5 Å². The van der Waals surface area contributed by atoms with E-state index in [4.69, 9.17) is 5.11 Å². The largest absolute Gasteiger partial charge is 0.378 e. The molecule has 0 saturated heterocycles. The first-order valence-electron chi connectivity index (χ1n) is 4.21. The van der Waals surface area contributed by atoms with Crippen LogP contribution in [0.15, 0.2) is 30.3 Å². The van der Waals surface area contributed by atoms with Crippen LogP contribution in [0.3, 0.4) is 0 Å². The van der Waals surface area contributed by atoms with Gasteiger partial charge in [0.25, 0.3) is 0 Å². The van der Waals surface area contributed by atoms with Gasteiger partial charge in [-0.25, -0.2) is 8.42 Å². The van der Waals surface area contributed by atoms with Gasteiger partial charge in [0.05, 0.1) is 5.75 Å². The molecule has 78 valence electrons. The van der Waals surface area contributed by atoms with Crippen molar-refractivity contribution in [2.45, 2.75) is 18.9 Å². The van der Waals surface area contributed by atoms with Gasteiger partial charge in [0.1, 0.15) is 6.23 Å². The topological polar surface area (TPSA) is 66.4 Å². The summed E-state index contributed by atoms with van der Waals surface area (Å²) in [5, 5.41) is 8.88. The Morgan fingerprint density at radius 1 is 1.36 bits per heavy atom. The molecule has 14 heavy (non-hydrogen) atoms. The van der Waals surface area contributed by atoms with Crippen molar-refractivity contribution in [3.05, 3.63) is 35.9 Å². The molecule has 1 aromatic carbocycles. The predicted molar refractivity (Wildman–Crippen MR) is 53.9 cm³/mol. The molecule has 0 aromatic heterocycles. The number of aliphatic hydroxyl groups is 1. The molecule has 0 aliphatic rings. The third-order valence-corrected chi connectivity index (χ3v) is 2.96.